The van der Waals surface area contributed by atoms with Crippen molar-refractivity contribution in [3.05, 3.63) is 36.0 Å². The lowest BCUT2D eigenvalue weighted by atomic mass is 10.1. The van der Waals surface area contributed by atoms with E-state index in [4.69, 9.17) is 14.2 Å². The van der Waals surface area contributed by atoms with Crippen LogP contribution in [0.2, 0.25) is 0 Å². The van der Waals surface area contributed by atoms with E-state index in [-0.39, 0.29) is 6.10 Å². The summed E-state index contributed by atoms with van der Waals surface area (Å²) in [6.07, 6.45) is 3.40. The number of esters is 1. The number of ether oxygens (including phenoxy) is 3. The predicted molar refractivity (Wildman–Crippen MR) is 93.8 cm³/mol. The van der Waals surface area contributed by atoms with Crippen molar-refractivity contribution in [1.29, 1.82) is 0 Å². The van der Waals surface area contributed by atoms with E-state index in [1.807, 2.05) is 28.9 Å². The molecule has 0 amide bonds. The first-order valence-corrected chi connectivity index (χ1v) is 8.72. The molecular weight excluding hydrogens is 320 g/mol. The average Bonchev–Trinajstić information content (AvgIpc) is 3.07. The lowest BCUT2D eigenvalue weighted by Gasteiger charge is -2.23. The van der Waals surface area contributed by atoms with Crippen molar-refractivity contribution < 1.29 is 19.0 Å². The Balaban J connectivity index is 1.90. The summed E-state index contributed by atoms with van der Waals surface area (Å²) >= 11 is 0. The van der Waals surface area contributed by atoms with Crippen molar-refractivity contribution in [2.75, 3.05) is 20.3 Å². The van der Waals surface area contributed by atoms with Crippen LogP contribution in [0, 0.1) is 0 Å². The van der Waals surface area contributed by atoms with Crippen LogP contribution in [-0.4, -0.2) is 42.2 Å². The summed E-state index contributed by atoms with van der Waals surface area (Å²) in [6, 6.07) is 9.50. The van der Waals surface area contributed by atoms with Crippen LogP contribution in [-0.2, 0) is 16.0 Å². The van der Waals surface area contributed by atoms with Crippen molar-refractivity contribution in [2.24, 2.45) is 0 Å². The number of hydrogen-bond donors (Lipinski definition) is 0. The summed E-state index contributed by atoms with van der Waals surface area (Å²) in [4.78, 5) is 12.1. The van der Waals surface area contributed by atoms with Crippen LogP contribution >= 0.6 is 0 Å². The third kappa shape index (κ3) is 4.20. The largest absolute Gasteiger partial charge is 0.497 e. The van der Waals surface area contributed by atoms with Gasteiger partial charge in [0.1, 0.15) is 5.75 Å². The molecular formula is C19H24N2O4. The highest BCUT2D eigenvalue weighted by atomic mass is 16.5. The maximum Gasteiger partial charge on any atom is 0.358 e. The highest BCUT2D eigenvalue weighted by Crippen LogP contribution is 2.25. The van der Waals surface area contributed by atoms with Gasteiger partial charge in [-0.25, -0.2) is 4.79 Å². The van der Waals surface area contributed by atoms with Crippen LogP contribution < -0.4 is 4.74 Å². The van der Waals surface area contributed by atoms with E-state index in [1.165, 1.54) is 0 Å². The van der Waals surface area contributed by atoms with Crippen molar-refractivity contribution in [2.45, 2.75) is 38.8 Å². The van der Waals surface area contributed by atoms with Crippen molar-refractivity contribution >= 4 is 5.97 Å². The molecule has 6 nitrogen and oxygen atoms in total. The first kappa shape index (κ1) is 17.5. The Kier molecular flexibility index (Phi) is 5.71. The predicted octanol–water partition coefficient (Wildman–Crippen LogP) is 3.30. The lowest BCUT2D eigenvalue weighted by molar-refractivity contribution is 0.00411. The molecule has 1 unspecified atom stereocenters. The number of nitrogens with zero attached hydrogens (tertiary/aromatic N) is 2. The van der Waals surface area contributed by atoms with Gasteiger partial charge in [0.05, 0.1) is 32.1 Å². The highest BCUT2D eigenvalue weighted by molar-refractivity contribution is 5.88. The fourth-order valence-electron chi connectivity index (χ4n) is 3.00. The third-order valence-corrected chi connectivity index (χ3v) is 4.30. The molecule has 3 rings (SSSR count). The van der Waals surface area contributed by atoms with Gasteiger partial charge in [-0.15, -0.1) is 0 Å². The molecule has 0 spiro atoms. The molecule has 1 fully saturated rings. The van der Waals surface area contributed by atoms with Crippen LogP contribution in [0.25, 0.3) is 11.3 Å². The van der Waals surface area contributed by atoms with Gasteiger partial charge >= 0.3 is 5.97 Å². The Bertz CT molecular complexity index is 703. The number of carbonyl (C=O) groups is 1. The minimum Gasteiger partial charge on any atom is -0.497 e. The summed E-state index contributed by atoms with van der Waals surface area (Å²) in [7, 11) is 1.64. The monoisotopic (exact) mass is 344 g/mol. The maximum absolute atomic E-state index is 12.1. The van der Waals surface area contributed by atoms with Crippen molar-refractivity contribution in [1.82, 2.24) is 9.78 Å². The van der Waals surface area contributed by atoms with Crippen LogP contribution in [0.1, 0.15) is 36.7 Å². The van der Waals surface area contributed by atoms with Gasteiger partial charge in [0.2, 0.25) is 0 Å². The molecule has 2 heterocycles. The molecule has 0 saturated carbocycles. The number of carbonyl (C=O) groups excluding carboxylic acids is 1. The zero-order chi connectivity index (χ0) is 17.6. The van der Waals surface area contributed by atoms with Gasteiger partial charge in [-0.05, 0) is 56.5 Å². The van der Waals surface area contributed by atoms with Crippen LogP contribution in [0.15, 0.2) is 30.3 Å². The highest BCUT2D eigenvalue weighted by Gasteiger charge is 2.21. The smallest absolute Gasteiger partial charge is 0.358 e. The molecule has 1 saturated heterocycles. The minimum absolute atomic E-state index is 0.126. The Hall–Kier alpha value is -2.34. The molecule has 0 N–H and O–H groups in total. The molecule has 0 bridgehead atoms. The Morgan fingerprint density at radius 1 is 1.32 bits per heavy atom. The number of methoxy groups -OCH3 is 1. The maximum atomic E-state index is 12.1. The standard InChI is InChI=1S/C19H24N2O4/c1-3-24-19(22)17-12-18(14-7-9-15(23-2)10-8-14)21(20-17)13-16-6-4-5-11-25-16/h7-10,12,16H,3-6,11,13H2,1-2H3. The first-order valence-electron chi connectivity index (χ1n) is 8.72. The molecule has 0 radical (unpaired) electrons. The fraction of sp³-hybridized carbons (Fsp3) is 0.474. The second-order valence-corrected chi connectivity index (χ2v) is 6.03. The fourth-order valence-corrected chi connectivity index (χ4v) is 3.00. The molecule has 25 heavy (non-hydrogen) atoms. The van der Waals surface area contributed by atoms with E-state index in [9.17, 15) is 4.79 Å². The number of hydrogen-bond acceptors (Lipinski definition) is 5. The molecule has 1 aliphatic rings. The van der Waals surface area contributed by atoms with E-state index >= 15 is 0 Å². The second-order valence-electron chi connectivity index (χ2n) is 6.03. The zero-order valence-corrected chi connectivity index (χ0v) is 14.7. The topological polar surface area (TPSA) is 62.6 Å². The third-order valence-electron chi connectivity index (χ3n) is 4.30. The van der Waals surface area contributed by atoms with Gasteiger partial charge in [-0.2, -0.15) is 5.10 Å². The summed E-state index contributed by atoms with van der Waals surface area (Å²) < 4.78 is 18.0. The Morgan fingerprint density at radius 2 is 2.12 bits per heavy atom. The van der Waals surface area contributed by atoms with Gasteiger partial charge in [-0.3, -0.25) is 4.68 Å². The number of benzene rings is 1. The Morgan fingerprint density at radius 3 is 2.76 bits per heavy atom. The van der Waals surface area contributed by atoms with Crippen LogP contribution in [0.3, 0.4) is 0 Å². The molecule has 6 heteroatoms. The molecule has 1 aromatic heterocycles. The van der Waals surface area contributed by atoms with Crippen LogP contribution in [0.5, 0.6) is 5.75 Å². The molecule has 134 valence electrons. The van der Waals surface area contributed by atoms with Crippen molar-refractivity contribution in [3.63, 3.8) is 0 Å². The number of aromatic nitrogens is 2. The molecule has 1 atom stereocenters. The molecule has 2 aromatic rings. The molecule has 0 aliphatic carbocycles. The van der Waals surface area contributed by atoms with Gasteiger partial charge in [0, 0.05) is 12.2 Å². The van der Waals surface area contributed by atoms with E-state index < -0.39 is 5.97 Å². The van der Waals surface area contributed by atoms with Crippen LogP contribution in [0.4, 0.5) is 0 Å². The summed E-state index contributed by atoms with van der Waals surface area (Å²) in [6.45, 7) is 3.53. The quantitative estimate of drug-likeness (QED) is 0.753. The zero-order valence-electron chi connectivity index (χ0n) is 14.7. The summed E-state index contributed by atoms with van der Waals surface area (Å²) in [5.41, 5.74) is 2.17. The average molecular weight is 344 g/mol. The summed E-state index contributed by atoms with van der Waals surface area (Å²) in [5.74, 6) is 0.386. The van der Waals surface area contributed by atoms with Gasteiger partial charge in [0.25, 0.3) is 0 Å². The second kappa shape index (κ2) is 8.16. The Labute approximate surface area is 147 Å². The first-order chi connectivity index (χ1) is 12.2. The molecule has 1 aromatic carbocycles. The summed E-state index contributed by atoms with van der Waals surface area (Å²) in [5, 5.41) is 4.47. The van der Waals surface area contributed by atoms with Crippen molar-refractivity contribution in [3.8, 4) is 17.0 Å². The SMILES string of the molecule is CCOC(=O)c1cc(-c2ccc(OC)cc2)n(CC2CCCCO2)n1. The number of rotatable bonds is 6. The lowest BCUT2D eigenvalue weighted by Crippen LogP contribution is -2.25. The van der Waals surface area contributed by atoms with E-state index in [0.717, 1.165) is 42.9 Å². The molecule has 1 aliphatic heterocycles. The van der Waals surface area contributed by atoms with Gasteiger partial charge in [0.15, 0.2) is 5.69 Å². The van der Waals surface area contributed by atoms with Gasteiger partial charge in [-0.1, -0.05) is 0 Å². The van der Waals surface area contributed by atoms with E-state index in [2.05, 4.69) is 5.10 Å². The minimum atomic E-state index is -0.402. The van der Waals surface area contributed by atoms with E-state index in [0.29, 0.717) is 18.8 Å². The van der Waals surface area contributed by atoms with Gasteiger partial charge < -0.3 is 14.2 Å². The normalized spacial score (nSPS) is 17.3. The van der Waals surface area contributed by atoms with E-state index in [1.54, 1.807) is 20.1 Å².